The molecule has 0 aromatic heterocycles. The fraction of sp³-hybridized carbons (Fsp3) is 1.00. The Bertz CT molecular complexity index is 319. The maximum atomic E-state index is 11.8. The van der Waals surface area contributed by atoms with Crippen molar-refractivity contribution in [1.82, 2.24) is 14.9 Å². The quantitative estimate of drug-likeness (QED) is 0.599. The molecule has 0 spiro atoms. The van der Waals surface area contributed by atoms with Crippen LogP contribution in [0, 0.1) is 0 Å². The molecular formula is C12H27N3O2S. The van der Waals surface area contributed by atoms with E-state index < -0.39 is 10.0 Å². The second-order valence-corrected chi connectivity index (χ2v) is 6.83. The Kier molecular flexibility index (Phi) is 7.14. The fourth-order valence-corrected chi connectivity index (χ4v) is 3.61. The van der Waals surface area contributed by atoms with E-state index >= 15 is 0 Å². The Morgan fingerprint density at radius 3 is 2.78 bits per heavy atom. The summed E-state index contributed by atoms with van der Waals surface area (Å²) in [5, 5.41) is 3.02. The molecule has 0 aromatic rings. The van der Waals surface area contributed by atoms with E-state index in [1.807, 2.05) is 7.05 Å². The second kappa shape index (κ2) is 8.09. The molecule has 1 unspecified atom stereocenters. The summed E-state index contributed by atoms with van der Waals surface area (Å²) in [6.45, 7) is 5.69. The zero-order valence-corrected chi connectivity index (χ0v) is 12.4. The zero-order valence-electron chi connectivity index (χ0n) is 11.6. The Balaban J connectivity index is 2.24. The van der Waals surface area contributed by atoms with Gasteiger partial charge in [-0.1, -0.05) is 6.92 Å². The molecule has 1 fully saturated rings. The van der Waals surface area contributed by atoms with Gasteiger partial charge in [-0.05, 0) is 52.4 Å². The number of sulfonamides is 1. The number of rotatable bonds is 9. The molecule has 0 aliphatic carbocycles. The largest absolute Gasteiger partial charge is 0.320 e. The smallest absolute Gasteiger partial charge is 0.211 e. The minimum Gasteiger partial charge on any atom is -0.320 e. The Labute approximate surface area is 111 Å². The lowest BCUT2D eigenvalue weighted by atomic mass is 10.2. The van der Waals surface area contributed by atoms with Gasteiger partial charge in [0.15, 0.2) is 0 Å². The van der Waals surface area contributed by atoms with E-state index in [1.54, 1.807) is 0 Å². The number of likely N-dealkylation sites (tertiary alicyclic amines) is 1. The van der Waals surface area contributed by atoms with E-state index in [0.717, 1.165) is 38.9 Å². The van der Waals surface area contributed by atoms with Crippen LogP contribution in [0.15, 0.2) is 0 Å². The number of hydrogen-bond donors (Lipinski definition) is 2. The molecule has 108 valence electrons. The van der Waals surface area contributed by atoms with E-state index in [-0.39, 0.29) is 5.75 Å². The number of likely N-dealkylation sites (N-methyl/N-ethyl adjacent to an activating group) is 1. The zero-order chi connectivity index (χ0) is 13.4. The van der Waals surface area contributed by atoms with E-state index in [4.69, 9.17) is 0 Å². The standard InChI is InChI=1S/C12H27N3O2S/c1-3-15-9-6-7-12(15)11-14-18(16,17)10-5-4-8-13-2/h12-14H,3-11H2,1-2H3. The minimum absolute atomic E-state index is 0.244. The molecular weight excluding hydrogens is 250 g/mol. The van der Waals surface area contributed by atoms with E-state index in [9.17, 15) is 8.42 Å². The highest BCUT2D eigenvalue weighted by molar-refractivity contribution is 7.89. The van der Waals surface area contributed by atoms with Crippen LogP contribution in [0.4, 0.5) is 0 Å². The van der Waals surface area contributed by atoms with Gasteiger partial charge in [0.25, 0.3) is 0 Å². The van der Waals surface area contributed by atoms with E-state index in [2.05, 4.69) is 21.9 Å². The molecule has 1 rings (SSSR count). The highest BCUT2D eigenvalue weighted by atomic mass is 32.2. The summed E-state index contributed by atoms with van der Waals surface area (Å²) in [6.07, 6.45) is 3.92. The molecule has 0 radical (unpaired) electrons. The van der Waals surface area contributed by atoms with Gasteiger partial charge in [0.2, 0.25) is 10.0 Å². The SMILES string of the molecule is CCN1CCCC1CNS(=O)(=O)CCCCNC. The first-order chi connectivity index (χ1) is 8.59. The van der Waals surface area contributed by atoms with Crippen LogP contribution in [-0.4, -0.2) is 58.3 Å². The van der Waals surface area contributed by atoms with Gasteiger partial charge in [0.05, 0.1) is 5.75 Å². The normalized spacial score (nSPS) is 21.6. The average Bonchev–Trinajstić information content (AvgIpc) is 2.80. The van der Waals surface area contributed by atoms with Crippen molar-refractivity contribution < 1.29 is 8.42 Å². The van der Waals surface area contributed by atoms with Crippen molar-refractivity contribution in [3.8, 4) is 0 Å². The van der Waals surface area contributed by atoms with Gasteiger partial charge in [-0.25, -0.2) is 13.1 Å². The molecule has 1 atom stereocenters. The van der Waals surface area contributed by atoms with Gasteiger partial charge in [0.1, 0.15) is 0 Å². The number of hydrogen-bond acceptors (Lipinski definition) is 4. The predicted molar refractivity (Wildman–Crippen MR) is 75.2 cm³/mol. The summed E-state index contributed by atoms with van der Waals surface area (Å²) >= 11 is 0. The molecule has 0 saturated carbocycles. The summed E-state index contributed by atoms with van der Waals surface area (Å²) in [7, 11) is -1.20. The van der Waals surface area contributed by atoms with Crippen LogP contribution in [0.2, 0.25) is 0 Å². The Morgan fingerprint density at radius 1 is 1.33 bits per heavy atom. The van der Waals surface area contributed by atoms with Gasteiger partial charge in [-0.3, -0.25) is 4.90 Å². The van der Waals surface area contributed by atoms with Crippen LogP contribution in [0.1, 0.15) is 32.6 Å². The lowest BCUT2D eigenvalue weighted by Gasteiger charge is -2.22. The maximum absolute atomic E-state index is 11.8. The molecule has 5 nitrogen and oxygen atoms in total. The molecule has 1 saturated heterocycles. The molecule has 6 heteroatoms. The average molecular weight is 277 g/mol. The minimum atomic E-state index is -3.09. The van der Waals surface area contributed by atoms with Crippen molar-refractivity contribution in [3.63, 3.8) is 0 Å². The third-order valence-electron chi connectivity index (χ3n) is 3.53. The molecule has 1 aliphatic rings. The Hall–Kier alpha value is -0.170. The second-order valence-electron chi connectivity index (χ2n) is 4.90. The maximum Gasteiger partial charge on any atom is 0.211 e. The number of unbranched alkanes of at least 4 members (excludes halogenated alkanes) is 1. The molecule has 2 N–H and O–H groups in total. The Morgan fingerprint density at radius 2 is 2.11 bits per heavy atom. The lowest BCUT2D eigenvalue weighted by molar-refractivity contribution is 0.268. The van der Waals surface area contributed by atoms with Crippen molar-refractivity contribution in [2.75, 3.05) is 39.0 Å². The van der Waals surface area contributed by atoms with Gasteiger partial charge in [-0.15, -0.1) is 0 Å². The van der Waals surface area contributed by atoms with Crippen LogP contribution in [0.3, 0.4) is 0 Å². The van der Waals surface area contributed by atoms with Crippen molar-refractivity contribution in [1.29, 1.82) is 0 Å². The molecule has 0 bridgehead atoms. The summed E-state index contributed by atoms with van der Waals surface area (Å²) in [6, 6.07) is 0.391. The summed E-state index contributed by atoms with van der Waals surface area (Å²) in [5.41, 5.74) is 0. The molecule has 1 heterocycles. The van der Waals surface area contributed by atoms with Gasteiger partial charge >= 0.3 is 0 Å². The summed E-state index contributed by atoms with van der Waals surface area (Å²) < 4.78 is 26.3. The fourth-order valence-electron chi connectivity index (χ4n) is 2.43. The van der Waals surface area contributed by atoms with Gasteiger partial charge < -0.3 is 5.32 Å². The van der Waals surface area contributed by atoms with Gasteiger partial charge in [-0.2, -0.15) is 0 Å². The molecule has 0 aromatic carbocycles. The van der Waals surface area contributed by atoms with E-state index in [0.29, 0.717) is 12.6 Å². The van der Waals surface area contributed by atoms with Crippen LogP contribution in [0.25, 0.3) is 0 Å². The first kappa shape index (κ1) is 15.9. The predicted octanol–water partition coefficient (Wildman–Crippen LogP) is 0.390. The van der Waals surface area contributed by atoms with Crippen LogP contribution in [0.5, 0.6) is 0 Å². The first-order valence-electron chi connectivity index (χ1n) is 6.95. The van der Waals surface area contributed by atoms with E-state index in [1.165, 1.54) is 6.42 Å². The molecule has 1 aliphatic heterocycles. The number of nitrogens with zero attached hydrogens (tertiary/aromatic N) is 1. The van der Waals surface area contributed by atoms with Crippen LogP contribution < -0.4 is 10.0 Å². The highest BCUT2D eigenvalue weighted by Gasteiger charge is 2.24. The summed E-state index contributed by atoms with van der Waals surface area (Å²) in [4.78, 5) is 2.35. The molecule has 0 amide bonds. The topological polar surface area (TPSA) is 61.4 Å². The van der Waals surface area contributed by atoms with Gasteiger partial charge in [0, 0.05) is 12.6 Å². The highest BCUT2D eigenvalue weighted by Crippen LogP contribution is 2.15. The third-order valence-corrected chi connectivity index (χ3v) is 4.97. The van der Waals surface area contributed by atoms with Crippen molar-refractivity contribution in [2.45, 2.75) is 38.6 Å². The lowest BCUT2D eigenvalue weighted by Crippen LogP contribution is -2.40. The van der Waals surface area contributed by atoms with Crippen molar-refractivity contribution in [3.05, 3.63) is 0 Å². The van der Waals surface area contributed by atoms with Crippen molar-refractivity contribution in [2.24, 2.45) is 0 Å². The van der Waals surface area contributed by atoms with Crippen LogP contribution >= 0.6 is 0 Å². The molecule has 18 heavy (non-hydrogen) atoms. The van der Waals surface area contributed by atoms with Crippen LogP contribution in [-0.2, 0) is 10.0 Å². The first-order valence-corrected chi connectivity index (χ1v) is 8.60. The summed E-state index contributed by atoms with van der Waals surface area (Å²) in [5.74, 6) is 0.244. The number of nitrogens with one attached hydrogen (secondary N) is 2. The third kappa shape index (κ3) is 5.65. The monoisotopic (exact) mass is 277 g/mol. The van der Waals surface area contributed by atoms with Crippen molar-refractivity contribution >= 4 is 10.0 Å².